The summed E-state index contributed by atoms with van der Waals surface area (Å²) < 4.78 is 24.8. The van der Waals surface area contributed by atoms with Gasteiger partial charge in [0.25, 0.3) is 0 Å². The van der Waals surface area contributed by atoms with Gasteiger partial charge >= 0.3 is 18.9 Å². The van der Waals surface area contributed by atoms with Crippen molar-refractivity contribution in [2.45, 2.75) is 4.90 Å². The Balaban J connectivity index is 0.00000162. The van der Waals surface area contributed by atoms with Crippen LogP contribution in [0, 0.1) is 0 Å². The third kappa shape index (κ3) is 3.47. The van der Waals surface area contributed by atoms with E-state index in [9.17, 15) is 4.21 Å². The van der Waals surface area contributed by atoms with E-state index in [0.29, 0.717) is 4.90 Å². The van der Waals surface area contributed by atoms with Crippen molar-refractivity contribution in [3.8, 4) is 16.9 Å². The van der Waals surface area contributed by atoms with Crippen molar-refractivity contribution in [1.82, 2.24) is 0 Å². The predicted molar refractivity (Wildman–Crippen MR) is 68.6 cm³/mol. The van der Waals surface area contributed by atoms with Gasteiger partial charge in [-0.1, -0.05) is 24.3 Å². The fraction of sp³-hybridized carbons (Fsp3) is 0.0769. The van der Waals surface area contributed by atoms with Crippen molar-refractivity contribution in [1.29, 1.82) is 0 Å². The molecule has 0 aliphatic heterocycles. The molecular weight excluding hydrogens is 243 g/mol. The van der Waals surface area contributed by atoms with Crippen LogP contribution in [-0.4, -0.2) is 15.9 Å². The number of benzene rings is 2. The van der Waals surface area contributed by atoms with Crippen LogP contribution < -0.4 is 23.6 Å². The van der Waals surface area contributed by atoms with E-state index in [1.165, 1.54) is 0 Å². The molecule has 3 nitrogen and oxygen atoms in total. The molecule has 0 bridgehead atoms. The molecule has 0 amide bonds. The van der Waals surface area contributed by atoms with E-state index in [0.717, 1.165) is 16.9 Å². The molecule has 18 heavy (non-hydrogen) atoms. The van der Waals surface area contributed by atoms with Gasteiger partial charge in [0.1, 0.15) is 5.75 Å². The van der Waals surface area contributed by atoms with E-state index in [1.807, 2.05) is 36.4 Å². The van der Waals surface area contributed by atoms with Crippen molar-refractivity contribution in [2.75, 3.05) is 7.11 Å². The Hall–Kier alpha value is -1.05. The van der Waals surface area contributed by atoms with Crippen molar-refractivity contribution in [2.24, 2.45) is 0 Å². The van der Waals surface area contributed by atoms with Gasteiger partial charge in [-0.05, 0) is 35.4 Å². The SMILES string of the molecule is COc1ccc(-c2ccc(S(=O)O)cc2)cc1.[H-].[Li+]. The van der Waals surface area contributed by atoms with Crippen LogP contribution in [0.2, 0.25) is 0 Å². The summed E-state index contributed by atoms with van der Waals surface area (Å²) in [6.45, 7) is 0. The Morgan fingerprint density at radius 3 is 1.83 bits per heavy atom. The third-order valence-corrected chi connectivity index (χ3v) is 3.15. The Morgan fingerprint density at radius 2 is 1.44 bits per heavy atom. The summed E-state index contributed by atoms with van der Waals surface area (Å²) in [4.78, 5) is 0.405. The fourth-order valence-corrected chi connectivity index (χ4v) is 1.92. The summed E-state index contributed by atoms with van der Waals surface area (Å²) in [5, 5.41) is 0. The zero-order valence-corrected chi connectivity index (χ0v) is 11.1. The second-order valence-electron chi connectivity index (χ2n) is 3.50. The van der Waals surface area contributed by atoms with Crippen LogP contribution in [0.4, 0.5) is 0 Å². The van der Waals surface area contributed by atoms with E-state index in [2.05, 4.69) is 0 Å². The zero-order chi connectivity index (χ0) is 12.3. The molecule has 5 heteroatoms. The molecule has 0 aliphatic rings. The smallest absolute Gasteiger partial charge is 1.00 e. The van der Waals surface area contributed by atoms with Crippen LogP contribution in [-0.2, 0) is 11.1 Å². The summed E-state index contributed by atoms with van der Waals surface area (Å²) in [7, 11) is 1.63. The van der Waals surface area contributed by atoms with Gasteiger partial charge in [0.15, 0.2) is 11.1 Å². The zero-order valence-electron chi connectivity index (χ0n) is 11.3. The van der Waals surface area contributed by atoms with Crippen LogP contribution in [0.3, 0.4) is 0 Å². The van der Waals surface area contributed by atoms with E-state index in [-0.39, 0.29) is 20.3 Å². The Morgan fingerprint density at radius 1 is 1.00 bits per heavy atom. The normalized spacial score (nSPS) is 11.4. The van der Waals surface area contributed by atoms with Crippen molar-refractivity contribution in [3.63, 3.8) is 0 Å². The minimum Gasteiger partial charge on any atom is -1.00 e. The van der Waals surface area contributed by atoms with Gasteiger partial charge < -0.3 is 10.7 Å². The topological polar surface area (TPSA) is 46.5 Å². The summed E-state index contributed by atoms with van der Waals surface area (Å²) in [5.41, 5.74) is 2.04. The first-order chi connectivity index (χ1) is 8.20. The Labute approximate surface area is 122 Å². The molecule has 0 saturated heterocycles. The molecule has 1 N–H and O–H groups in total. The van der Waals surface area contributed by atoms with Crippen LogP contribution in [0.1, 0.15) is 1.43 Å². The summed E-state index contributed by atoms with van der Waals surface area (Å²) >= 11 is -1.92. The second kappa shape index (κ2) is 6.77. The van der Waals surface area contributed by atoms with Crippen molar-refractivity contribution in [3.05, 3.63) is 48.5 Å². The third-order valence-electron chi connectivity index (χ3n) is 2.48. The van der Waals surface area contributed by atoms with Crippen LogP contribution in [0.25, 0.3) is 11.1 Å². The van der Waals surface area contributed by atoms with Crippen molar-refractivity contribution >= 4 is 11.1 Å². The van der Waals surface area contributed by atoms with Gasteiger partial charge in [0.2, 0.25) is 0 Å². The van der Waals surface area contributed by atoms with Gasteiger partial charge in [-0.2, -0.15) is 0 Å². The largest absolute Gasteiger partial charge is 1.00 e. The summed E-state index contributed by atoms with van der Waals surface area (Å²) in [6.07, 6.45) is 0. The van der Waals surface area contributed by atoms with Gasteiger partial charge in [-0.3, -0.25) is 0 Å². The minimum absolute atomic E-state index is 0. The fourth-order valence-electron chi connectivity index (χ4n) is 1.55. The molecular formula is C13H13LiO3S. The molecule has 90 valence electrons. The predicted octanol–water partition coefficient (Wildman–Crippen LogP) is 0.0593. The van der Waals surface area contributed by atoms with E-state index < -0.39 is 11.1 Å². The molecule has 2 rings (SSSR count). The number of hydrogen-bond donors (Lipinski definition) is 1. The molecule has 0 aliphatic carbocycles. The molecule has 0 fully saturated rings. The van der Waals surface area contributed by atoms with Crippen molar-refractivity contribution < 1.29 is 33.8 Å². The molecule has 2 aromatic carbocycles. The summed E-state index contributed by atoms with van der Waals surface area (Å²) in [5.74, 6) is 0.807. The van der Waals surface area contributed by atoms with Gasteiger partial charge in [-0.25, -0.2) is 4.21 Å². The molecule has 0 spiro atoms. The maximum Gasteiger partial charge on any atom is 1.00 e. The van der Waals surface area contributed by atoms with Gasteiger partial charge in [-0.15, -0.1) is 0 Å². The average Bonchev–Trinajstić information content (AvgIpc) is 2.39. The number of methoxy groups -OCH3 is 1. The Kier molecular flexibility index (Phi) is 5.64. The standard InChI is InChI=1S/C13H12O3S.Li.H/c1-16-12-6-2-10(3-7-12)11-4-8-13(9-5-11)17(14)15;;/h2-9H,1H3,(H,14,15);;/q;+1;-1. The molecule has 0 heterocycles. The quantitative estimate of drug-likeness (QED) is 0.624. The van der Waals surface area contributed by atoms with E-state index in [1.54, 1.807) is 19.2 Å². The average molecular weight is 256 g/mol. The van der Waals surface area contributed by atoms with E-state index >= 15 is 0 Å². The number of hydrogen-bond acceptors (Lipinski definition) is 2. The van der Waals surface area contributed by atoms with Crippen LogP contribution >= 0.6 is 0 Å². The molecule has 0 saturated carbocycles. The molecule has 2 aromatic rings. The second-order valence-corrected chi connectivity index (χ2v) is 4.47. The number of ether oxygens (including phenoxy) is 1. The minimum atomic E-state index is -1.92. The first-order valence-electron chi connectivity index (χ1n) is 5.06. The maximum atomic E-state index is 10.8. The Bertz CT molecular complexity index is 529. The molecule has 0 aromatic heterocycles. The first kappa shape index (κ1) is 15.0. The maximum absolute atomic E-state index is 10.8. The van der Waals surface area contributed by atoms with Crippen LogP contribution in [0.5, 0.6) is 5.75 Å². The van der Waals surface area contributed by atoms with Crippen LogP contribution in [0.15, 0.2) is 53.4 Å². The van der Waals surface area contributed by atoms with Gasteiger partial charge in [0, 0.05) is 0 Å². The molecule has 1 atom stereocenters. The summed E-state index contributed by atoms with van der Waals surface area (Å²) in [6, 6.07) is 14.6. The number of rotatable bonds is 3. The first-order valence-corrected chi connectivity index (χ1v) is 6.17. The molecule has 1 unspecified atom stereocenters. The monoisotopic (exact) mass is 256 g/mol. The molecule has 0 radical (unpaired) electrons. The van der Waals surface area contributed by atoms with Gasteiger partial charge in [0.05, 0.1) is 12.0 Å². The van der Waals surface area contributed by atoms with E-state index in [4.69, 9.17) is 9.29 Å².